The zero-order chi connectivity index (χ0) is 18.8. The molecule has 138 valence electrons. The van der Waals surface area contributed by atoms with Crippen LogP contribution in [0.1, 0.15) is 16.1 Å². The van der Waals surface area contributed by atoms with Crippen molar-refractivity contribution in [1.82, 2.24) is 9.88 Å². The SMILES string of the molecule is CSc1cccc(NC(=O)N2CCc3nc(-c4ccc(C)cc4)sc3C2)c1. The molecule has 0 fully saturated rings. The van der Waals surface area contributed by atoms with Gasteiger partial charge in [0.2, 0.25) is 0 Å². The van der Waals surface area contributed by atoms with Gasteiger partial charge in [0.1, 0.15) is 5.01 Å². The molecule has 1 aromatic heterocycles. The van der Waals surface area contributed by atoms with Gasteiger partial charge >= 0.3 is 6.03 Å². The number of aryl methyl sites for hydroxylation is 1. The Labute approximate surface area is 167 Å². The van der Waals surface area contributed by atoms with Crippen molar-refractivity contribution in [3.05, 3.63) is 64.7 Å². The van der Waals surface area contributed by atoms with Crippen LogP contribution in [-0.2, 0) is 13.0 Å². The third-order valence-electron chi connectivity index (χ3n) is 4.64. The fraction of sp³-hybridized carbons (Fsp3) is 0.238. The van der Waals surface area contributed by atoms with Crippen LogP contribution in [0.2, 0.25) is 0 Å². The standard InChI is InChI=1S/C21H21N3OS2/c1-14-6-8-15(9-7-14)20-23-18-10-11-24(13-19(18)27-20)21(25)22-16-4-3-5-17(12-16)26-2/h3-9,12H,10-11,13H2,1-2H3,(H,22,25). The molecule has 0 radical (unpaired) electrons. The molecule has 0 aliphatic carbocycles. The van der Waals surface area contributed by atoms with Crippen molar-refractivity contribution in [2.24, 2.45) is 0 Å². The Kier molecular flexibility index (Phi) is 5.18. The molecule has 27 heavy (non-hydrogen) atoms. The van der Waals surface area contributed by atoms with E-state index < -0.39 is 0 Å². The molecule has 0 saturated carbocycles. The lowest BCUT2D eigenvalue weighted by molar-refractivity contribution is 0.207. The minimum atomic E-state index is -0.0517. The van der Waals surface area contributed by atoms with Crippen molar-refractivity contribution >= 4 is 34.8 Å². The Morgan fingerprint density at radius 2 is 2.04 bits per heavy atom. The summed E-state index contributed by atoms with van der Waals surface area (Å²) >= 11 is 3.36. The third kappa shape index (κ3) is 4.01. The number of nitrogens with zero attached hydrogens (tertiary/aromatic N) is 2. The number of rotatable bonds is 3. The van der Waals surface area contributed by atoms with Crippen LogP contribution in [0.5, 0.6) is 0 Å². The Morgan fingerprint density at radius 1 is 1.22 bits per heavy atom. The highest BCUT2D eigenvalue weighted by Gasteiger charge is 2.24. The number of urea groups is 1. The first-order chi connectivity index (χ1) is 13.1. The van der Waals surface area contributed by atoms with Crippen LogP contribution in [0.4, 0.5) is 10.5 Å². The summed E-state index contributed by atoms with van der Waals surface area (Å²) in [7, 11) is 0. The number of nitrogens with one attached hydrogen (secondary N) is 1. The summed E-state index contributed by atoms with van der Waals surface area (Å²) in [5, 5.41) is 4.06. The van der Waals surface area contributed by atoms with Gasteiger partial charge < -0.3 is 10.2 Å². The molecule has 0 spiro atoms. The van der Waals surface area contributed by atoms with Crippen LogP contribution in [0.25, 0.3) is 10.6 Å². The molecule has 0 atom stereocenters. The molecule has 0 unspecified atom stereocenters. The summed E-state index contributed by atoms with van der Waals surface area (Å²) in [6, 6.07) is 16.3. The number of benzene rings is 2. The normalized spacial score (nSPS) is 13.3. The van der Waals surface area contributed by atoms with Crippen molar-refractivity contribution in [1.29, 1.82) is 0 Å². The van der Waals surface area contributed by atoms with Crippen LogP contribution < -0.4 is 5.32 Å². The molecule has 3 aromatic rings. The van der Waals surface area contributed by atoms with Crippen LogP contribution in [0.3, 0.4) is 0 Å². The van der Waals surface area contributed by atoms with Gasteiger partial charge in [0.25, 0.3) is 0 Å². The maximum absolute atomic E-state index is 12.7. The molecule has 6 heteroatoms. The number of hydrogen-bond acceptors (Lipinski definition) is 4. The first-order valence-electron chi connectivity index (χ1n) is 8.88. The fourth-order valence-electron chi connectivity index (χ4n) is 3.09. The summed E-state index contributed by atoms with van der Waals surface area (Å²) in [4.78, 5) is 21.7. The van der Waals surface area contributed by atoms with Gasteiger partial charge in [0.15, 0.2) is 0 Å². The van der Waals surface area contributed by atoms with E-state index in [1.54, 1.807) is 23.1 Å². The zero-order valence-electron chi connectivity index (χ0n) is 15.4. The summed E-state index contributed by atoms with van der Waals surface area (Å²) in [5.74, 6) is 0. The first kappa shape index (κ1) is 18.1. The Bertz CT molecular complexity index is 966. The van der Waals surface area contributed by atoms with E-state index in [9.17, 15) is 4.79 Å². The van der Waals surface area contributed by atoms with Crippen LogP contribution >= 0.6 is 23.1 Å². The average molecular weight is 396 g/mol. The monoisotopic (exact) mass is 395 g/mol. The molecule has 0 bridgehead atoms. The number of carbonyl (C=O) groups excluding carboxylic acids is 1. The molecule has 1 N–H and O–H groups in total. The van der Waals surface area contributed by atoms with Crippen molar-refractivity contribution in [2.75, 3.05) is 18.1 Å². The fourth-order valence-corrected chi connectivity index (χ4v) is 4.68. The summed E-state index contributed by atoms with van der Waals surface area (Å²) in [5.41, 5.74) is 4.35. The maximum atomic E-state index is 12.7. The second-order valence-electron chi connectivity index (χ2n) is 6.59. The Balaban J connectivity index is 1.47. The molecule has 2 heterocycles. The van der Waals surface area contributed by atoms with Gasteiger partial charge in [-0.1, -0.05) is 35.9 Å². The Hall–Kier alpha value is -2.31. The highest BCUT2D eigenvalue weighted by Crippen LogP contribution is 2.32. The largest absolute Gasteiger partial charge is 0.322 e. The summed E-state index contributed by atoms with van der Waals surface area (Å²) in [6.07, 6.45) is 2.83. The number of anilines is 1. The van der Waals surface area contributed by atoms with Crippen LogP contribution in [0.15, 0.2) is 53.4 Å². The van der Waals surface area contributed by atoms with Gasteiger partial charge in [-0.25, -0.2) is 9.78 Å². The zero-order valence-corrected chi connectivity index (χ0v) is 17.0. The lowest BCUT2D eigenvalue weighted by atomic mass is 10.1. The molecule has 4 rings (SSSR count). The number of thioether (sulfide) groups is 1. The van der Waals surface area contributed by atoms with Crippen LogP contribution in [0, 0.1) is 6.92 Å². The molecule has 1 aliphatic heterocycles. The lowest BCUT2D eigenvalue weighted by Crippen LogP contribution is -2.38. The predicted octanol–water partition coefficient (Wildman–Crippen LogP) is 5.43. The molecular formula is C21H21N3OS2. The minimum Gasteiger partial charge on any atom is -0.319 e. The smallest absolute Gasteiger partial charge is 0.319 e. The molecule has 2 amide bonds. The Morgan fingerprint density at radius 3 is 2.81 bits per heavy atom. The highest BCUT2D eigenvalue weighted by molar-refractivity contribution is 7.98. The van der Waals surface area contributed by atoms with Gasteiger partial charge in [-0.3, -0.25) is 0 Å². The number of carbonyl (C=O) groups is 1. The van der Waals surface area contributed by atoms with Crippen molar-refractivity contribution in [3.63, 3.8) is 0 Å². The number of amides is 2. The van der Waals surface area contributed by atoms with Gasteiger partial charge in [-0.05, 0) is 31.4 Å². The topological polar surface area (TPSA) is 45.2 Å². The van der Waals surface area contributed by atoms with E-state index in [2.05, 4.69) is 36.5 Å². The second-order valence-corrected chi connectivity index (χ2v) is 8.55. The first-order valence-corrected chi connectivity index (χ1v) is 10.9. The van der Waals surface area contributed by atoms with Gasteiger partial charge in [-0.15, -0.1) is 23.1 Å². The lowest BCUT2D eigenvalue weighted by Gasteiger charge is -2.26. The highest BCUT2D eigenvalue weighted by atomic mass is 32.2. The van der Waals surface area contributed by atoms with Crippen molar-refractivity contribution in [2.45, 2.75) is 24.8 Å². The molecule has 0 saturated heterocycles. The summed E-state index contributed by atoms with van der Waals surface area (Å²) < 4.78 is 0. The predicted molar refractivity (Wildman–Crippen MR) is 114 cm³/mol. The van der Waals surface area contributed by atoms with E-state index in [1.165, 1.54) is 10.4 Å². The maximum Gasteiger partial charge on any atom is 0.322 e. The summed E-state index contributed by atoms with van der Waals surface area (Å²) in [6.45, 7) is 3.40. The van der Waals surface area contributed by atoms with Crippen molar-refractivity contribution < 1.29 is 4.79 Å². The second kappa shape index (κ2) is 7.74. The minimum absolute atomic E-state index is 0.0517. The quantitative estimate of drug-likeness (QED) is 0.601. The molecular weight excluding hydrogens is 374 g/mol. The van der Waals surface area contributed by atoms with E-state index >= 15 is 0 Å². The van der Waals surface area contributed by atoms with E-state index in [4.69, 9.17) is 4.98 Å². The van der Waals surface area contributed by atoms with Gasteiger partial charge in [0, 0.05) is 34.0 Å². The van der Waals surface area contributed by atoms with E-state index in [0.29, 0.717) is 13.1 Å². The van der Waals surface area contributed by atoms with Gasteiger partial charge in [0.05, 0.1) is 12.2 Å². The number of hydrogen-bond donors (Lipinski definition) is 1. The number of thiazole rings is 1. The molecule has 1 aliphatic rings. The van der Waals surface area contributed by atoms with Crippen molar-refractivity contribution in [3.8, 4) is 10.6 Å². The number of fused-ring (bicyclic) bond motifs is 1. The van der Waals surface area contributed by atoms with Crippen LogP contribution in [-0.4, -0.2) is 28.7 Å². The third-order valence-corrected chi connectivity index (χ3v) is 6.49. The van der Waals surface area contributed by atoms with E-state index in [0.717, 1.165) is 33.3 Å². The van der Waals surface area contributed by atoms with E-state index in [1.807, 2.05) is 35.4 Å². The van der Waals surface area contributed by atoms with E-state index in [-0.39, 0.29) is 6.03 Å². The molecule has 2 aromatic carbocycles. The van der Waals surface area contributed by atoms with Gasteiger partial charge in [-0.2, -0.15) is 0 Å². The number of aromatic nitrogens is 1. The molecule has 4 nitrogen and oxygen atoms in total. The average Bonchev–Trinajstić information content (AvgIpc) is 3.12.